The van der Waals surface area contributed by atoms with Crippen molar-refractivity contribution in [3.63, 3.8) is 0 Å². The van der Waals surface area contributed by atoms with Crippen molar-refractivity contribution < 1.29 is 14.7 Å². The van der Waals surface area contributed by atoms with Gasteiger partial charge < -0.3 is 16.6 Å². The summed E-state index contributed by atoms with van der Waals surface area (Å²) in [5, 5.41) is 14.8. The topological polar surface area (TPSA) is 130 Å². The lowest BCUT2D eigenvalue weighted by Gasteiger charge is -1.80. The number of hydrogen-bond donors (Lipinski definition) is 4. The summed E-state index contributed by atoms with van der Waals surface area (Å²) < 4.78 is 0. The second kappa shape index (κ2) is 10.9. The number of hydrogen-bond acceptors (Lipinski definition) is 3. The van der Waals surface area contributed by atoms with Crippen molar-refractivity contribution in [2.24, 2.45) is 11.5 Å². The highest BCUT2D eigenvalue weighted by molar-refractivity contribution is 7.96. The van der Waals surface area contributed by atoms with Gasteiger partial charge in [-0.15, -0.1) is 0 Å². The Labute approximate surface area is 97.9 Å². The van der Waals surface area contributed by atoms with Crippen molar-refractivity contribution in [1.82, 2.24) is 0 Å². The third-order valence-electron chi connectivity index (χ3n) is 0.903. The third-order valence-corrected chi connectivity index (χ3v) is 0.903. The van der Waals surface area contributed by atoms with Crippen molar-refractivity contribution in [3.8, 4) is 6.07 Å². The molecule has 16 heavy (non-hydrogen) atoms. The number of benzene rings is 1. The minimum Gasteiger partial charge on any atom is -0.465 e. The summed E-state index contributed by atoms with van der Waals surface area (Å²) in [6.07, 6.45) is -1.33. The van der Waals surface area contributed by atoms with Crippen molar-refractivity contribution >= 4 is 24.0 Å². The predicted molar refractivity (Wildman–Crippen MR) is 61.9 cm³/mol. The molecule has 1 aromatic rings. The first-order chi connectivity index (χ1) is 7.40. The van der Waals surface area contributed by atoms with Crippen molar-refractivity contribution in [3.05, 3.63) is 35.9 Å². The van der Waals surface area contributed by atoms with E-state index in [0.717, 1.165) is 0 Å². The van der Waals surface area contributed by atoms with Crippen LogP contribution >= 0.6 is 12.6 Å². The Morgan fingerprint density at radius 2 is 1.56 bits per heavy atom. The smallest absolute Gasteiger partial charge is 0.402 e. The first-order valence-corrected chi connectivity index (χ1v) is 4.26. The zero-order valence-electron chi connectivity index (χ0n) is 8.20. The second-order valence-corrected chi connectivity index (χ2v) is 2.60. The molecule has 6 nitrogen and oxygen atoms in total. The van der Waals surface area contributed by atoms with Crippen LogP contribution in [0.5, 0.6) is 0 Å². The maximum Gasteiger partial charge on any atom is 0.402 e. The van der Waals surface area contributed by atoms with E-state index >= 15 is 0 Å². The largest absolute Gasteiger partial charge is 0.465 e. The van der Waals surface area contributed by atoms with Gasteiger partial charge in [0.1, 0.15) is 0 Å². The van der Waals surface area contributed by atoms with Crippen molar-refractivity contribution in [2.45, 2.75) is 0 Å². The van der Waals surface area contributed by atoms with E-state index < -0.39 is 11.3 Å². The van der Waals surface area contributed by atoms with Gasteiger partial charge in [-0.05, 0) is 12.1 Å². The maximum absolute atomic E-state index is 9.09. The number of nitrogens with zero attached hydrogens (tertiary/aromatic N) is 1. The van der Waals surface area contributed by atoms with E-state index in [-0.39, 0.29) is 0 Å². The first kappa shape index (κ1) is 16.2. The molecule has 0 unspecified atom stereocenters. The molecule has 2 amide bonds. The highest BCUT2D eigenvalue weighted by Crippen LogP contribution is 1.93. The summed E-state index contributed by atoms with van der Waals surface area (Å²) >= 11 is 3.10. The molecular formula is C9H11N3O3S. The summed E-state index contributed by atoms with van der Waals surface area (Å²) in [5.41, 5.74) is 9.08. The Bertz CT molecular complexity index is 342. The molecule has 0 spiro atoms. The average Bonchev–Trinajstić information content (AvgIpc) is 2.17. The highest BCUT2D eigenvalue weighted by Gasteiger charge is 1.79. The Morgan fingerprint density at radius 3 is 1.75 bits per heavy atom. The summed E-state index contributed by atoms with van der Waals surface area (Å²) in [7, 11) is 0. The lowest BCUT2D eigenvalue weighted by molar-refractivity contribution is 0.205. The molecule has 0 saturated heterocycles. The van der Waals surface area contributed by atoms with Gasteiger partial charge in [0.05, 0.1) is 11.6 Å². The number of rotatable bonds is 0. The Hall–Kier alpha value is -2.20. The van der Waals surface area contributed by atoms with E-state index in [0.29, 0.717) is 5.56 Å². The van der Waals surface area contributed by atoms with Crippen molar-refractivity contribution in [1.29, 1.82) is 5.26 Å². The van der Waals surface area contributed by atoms with Gasteiger partial charge >= 0.3 is 6.09 Å². The van der Waals surface area contributed by atoms with Gasteiger partial charge in [-0.2, -0.15) is 5.26 Å². The molecule has 0 aliphatic heterocycles. The summed E-state index contributed by atoms with van der Waals surface area (Å²) in [5.74, 6) is 0. The van der Waals surface area contributed by atoms with Crippen LogP contribution in [-0.4, -0.2) is 16.4 Å². The van der Waals surface area contributed by atoms with Crippen molar-refractivity contribution in [2.75, 3.05) is 0 Å². The molecule has 0 atom stereocenters. The van der Waals surface area contributed by atoms with E-state index in [9.17, 15) is 0 Å². The molecule has 0 aliphatic carbocycles. The first-order valence-electron chi connectivity index (χ1n) is 3.82. The minimum atomic E-state index is -1.33. The van der Waals surface area contributed by atoms with Crippen LogP contribution in [0.2, 0.25) is 0 Å². The molecule has 1 aromatic carbocycles. The number of thiol groups is 1. The lowest BCUT2D eigenvalue weighted by atomic mass is 10.2. The van der Waals surface area contributed by atoms with Gasteiger partial charge in [0.25, 0.3) is 5.24 Å². The number of nitriles is 1. The molecule has 5 N–H and O–H groups in total. The fraction of sp³-hybridized carbons (Fsp3) is 0. The quantitative estimate of drug-likeness (QED) is 0.508. The summed E-state index contributed by atoms with van der Waals surface area (Å²) in [4.78, 5) is 17.9. The number of amides is 2. The number of carbonyl (C=O) groups is 2. The van der Waals surface area contributed by atoms with Crippen LogP contribution in [0.4, 0.5) is 9.59 Å². The van der Waals surface area contributed by atoms with Crippen LogP contribution in [0.3, 0.4) is 0 Å². The summed E-state index contributed by atoms with van der Waals surface area (Å²) in [6.45, 7) is 0. The highest BCUT2D eigenvalue weighted by atomic mass is 32.1. The van der Waals surface area contributed by atoms with Gasteiger partial charge in [-0.1, -0.05) is 30.8 Å². The zero-order chi connectivity index (χ0) is 13.0. The number of carbonyl (C=O) groups excluding carboxylic acids is 1. The molecule has 0 aromatic heterocycles. The number of primary amides is 2. The van der Waals surface area contributed by atoms with Gasteiger partial charge in [0.2, 0.25) is 0 Å². The number of nitrogens with two attached hydrogens (primary N) is 2. The maximum atomic E-state index is 9.09. The molecule has 0 heterocycles. The average molecular weight is 241 g/mol. The SMILES string of the molecule is N#Cc1ccccc1.NC(=O)O.NC(=O)S. The van der Waals surface area contributed by atoms with E-state index in [4.69, 9.17) is 20.0 Å². The standard InChI is InChI=1S/C7H5N.CH3NO2.CH3NOS/c8-6-7-4-2-1-3-5-7;2*2-1(3)4/h1-5H;2H2,(H,3,4);(H3,2,3,4). The molecule has 0 fully saturated rings. The van der Waals surface area contributed by atoms with Crippen LogP contribution in [0.15, 0.2) is 30.3 Å². The lowest BCUT2D eigenvalue weighted by Crippen LogP contribution is -2.03. The molecule has 0 aliphatic rings. The fourth-order valence-corrected chi connectivity index (χ4v) is 0.513. The summed E-state index contributed by atoms with van der Waals surface area (Å²) in [6, 6.07) is 11.2. The van der Waals surface area contributed by atoms with E-state index in [1.807, 2.05) is 24.3 Å². The Morgan fingerprint density at radius 1 is 1.25 bits per heavy atom. The normalized spacial score (nSPS) is 7.00. The van der Waals surface area contributed by atoms with Gasteiger partial charge in [-0.3, -0.25) is 4.79 Å². The monoisotopic (exact) mass is 241 g/mol. The van der Waals surface area contributed by atoms with Gasteiger partial charge in [-0.25, -0.2) is 4.79 Å². The van der Waals surface area contributed by atoms with Crippen LogP contribution in [0.25, 0.3) is 0 Å². The van der Waals surface area contributed by atoms with E-state index in [1.165, 1.54) is 0 Å². The fourth-order valence-electron chi connectivity index (χ4n) is 0.513. The van der Waals surface area contributed by atoms with E-state index in [1.54, 1.807) is 12.1 Å². The molecule has 1 rings (SSSR count). The van der Waals surface area contributed by atoms with E-state index in [2.05, 4.69) is 24.1 Å². The Kier molecular flexibility index (Phi) is 11.0. The van der Waals surface area contributed by atoms with Crippen LogP contribution in [-0.2, 0) is 0 Å². The zero-order valence-corrected chi connectivity index (χ0v) is 9.09. The van der Waals surface area contributed by atoms with Crippen LogP contribution in [0, 0.1) is 11.3 Å². The minimum absolute atomic E-state index is 0.639. The third kappa shape index (κ3) is 22.6. The predicted octanol–water partition coefficient (Wildman–Crippen LogP) is 1.18. The van der Waals surface area contributed by atoms with Gasteiger partial charge in [0.15, 0.2) is 0 Å². The molecular weight excluding hydrogens is 230 g/mol. The molecule has 0 bridgehead atoms. The van der Waals surface area contributed by atoms with Crippen LogP contribution in [0.1, 0.15) is 5.56 Å². The second-order valence-electron chi connectivity index (χ2n) is 2.15. The molecule has 0 radical (unpaired) electrons. The number of carboxylic acid groups (broad SMARTS) is 1. The molecule has 86 valence electrons. The Balaban J connectivity index is 0. The molecule has 0 saturated carbocycles. The molecule has 7 heteroatoms. The van der Waals surface area contributed by atoms with Gasteiger partial charge in [0, 0.05) is 0 Å². The van der Waals surface area contributed by atoms with Crippen LogP contribution < -0.4 is 11.5 Å².